The van der Waals surface area contributed by atoms with E-state index in [0.29, 0.717) is 5.56 Å². The first-order valence-electron chi connectivity index (χ1n) is 11.5. The van der Waals surface area contributed by atoms with Gasteiger partial charge >= 0.3 is 0 Å². The number of anilines is 1. The van der Waals surface area contributed by atoms with Gasteiger partial charge in [0.25, 0.3) is 12.3 Å². The molecule has 0 bridgehead atoms. The molecule has 196 valence electrons. The minimum atomic E-state index is -4.02. The molecule has 1 amide bonds. The molecule has 0 radical (unpaired) electrons. The first-order chi connectivity index (χ1) is 17.6. The maximum absolute atomic E-state index is 14.0. The number of methoxy groups -OCH3 is 1. The first-order valence-corrected chi connectivity index (χ1v) is 13.0. The third-order valence-electron chi connectivity index (χ3n) is 6.03. The Hall–Kier alpha value is -3.41. The number of carbonyl (C=O) groups excluding carboxylic acids is 1. The van der Waals surface area contributed by atoms with Gasteiger partial charge in [-0.1, -0.05) is 12.1 Å². The van der Waals surface area contributed by atoms with Crippen molar-refractivity contribution in [2.75, 3.05) is 19.0 Å². The molecule has 37 heavy (non-hydrogen) atoms. The van der Waals surface area contributed by atoms with E-state index in [0.717, 1.165) is 29.5 Å². The molecule has 1 aliphatic carbocycles. The van der Waals surface area contributed by atoms with Crippen LogP contribution in [0.4, 0.5) is 18.9 Å². The lowest BCUT2D eigenvalue weighted by Crippen LogP contribution is -2.21. The van der Waals surface area contributed by atoms with Gasteiger partial charge in [-0.25, -0.2) is 26.7 Å². The van der Waals surface area contributed by atoms with Crippen LogP contribution in [0.5, 0.6) is 5.75 Å². The van der Waals surface area contributed by atoms with Crippen molar-refractivity contribution >= 4 is 21.6 Å². The molecule has 1 saturated carbocycles. The van der Waals surface area contributed by atoms with Gasteiger partial charge in [-0.2, -0.15) is 0 Å². The molecule has 0 unspecified atom stereocenters. The van der Waals surface area contributed by atoms with E-state index in [4.69, 9.17) is 9.88 Å². The van der Waals surface area contributed by atoms with Crippen molar-refractivity contribution in [3.63, 3.8) is 0 Å². The molecule has 11 heteroatoms. The summed E-state index contributed by atoms with van der Waals surface area (Å²) in [6.07, 6.45) is -0.647. The number of ether oxygens (including phenoxy) is 1. The Balaban J connectivity index is 1.66. The van der Waals surface area contributed by atoms with Crippen molar-refractivity contribution in [1.82, 2.24) is 5.32 Å². The zero-order chi connectivity index (χ0) is 26.7. The molecule has 4 rings (SSSR count). The van der Waals surface area contributed by atoms with Crippen molar-refractivity contribution in [3.8, 4) is 16.9 Å². The number of primary sulfonamides is 1. The zero-order valence-corrected chi connectivity index (χ0v) is 20.7. The van der Waals surface area contributed by atoms with Crippen LogP contribution >= 0.6 is 0 Å². The van der Waals surface area contributed by atoms with Crippen molar-refractivity contribution in [3.05, 3.63) is 77.1 Å². The third-order valence-corrected chi connectivity index (χ3v) is 6.98. The van der Waals surface area contributed by atoms with Crippen LogP contribution in [0.25, 0.3) is 11.1 Å². The molecule has 3 aromatic rings. The molecule has 0 aromatic heterocycles. The van der Waals surface area contributed by atoms with E-state index >= 15 is 0 Å². The molecule has 0 spiro atoms. The molecule has 0 aliphatic heterocycles. The smallest absolute Gasteiger partial charge is 0.255 e. The predicted octanol–water partition coefficient (Wildman–Crippen LogP) is 4.63. The van der Waals surface area contributed by atoms with E-state index in [9.17, 15) is 26.4 Å². The number of alkyl halides is 2. The zero-order valence-electron chi connectivity index (χ0n) is 19.9. The summed E-state index contributed by atoms with van der Waals surface area (Å²) in [7, 11) is -2.75. The summed E-state index contributed by atoms with van der Waals surface area (Å²) in [5.41, 5.74) is 3.50. The maximum Gasteiger partial charge on any atom is 0.255 e. The third kappa shape index (κ3) is 6.48. The number of carbonyl (C=O) groups is 1. The summed E-state index contributed by atoms with van der Waals surface area (Å²) < 4.78 is 68.0. The fourth-order valence-corrected chi connectivity index (χ4v) is 4.83. The summed E-state index contributed by atoms with van der Waals surface area (Å²) in [5, 5.41) is 10.6. The molecular weight excluding hydrogens is 507 g/mol. The highest BCUT2D eigenvalue weighted by Crippen LogP contribution is 2.45. The number of rotatable bonds is 10. The summed E-state index contributed by atoms with van der Waals surface area (Å²) in [6, 6.07) is 13.4. The highest BCUT2D eigenvalue weighted by molar-refractivity contribution is 7.89. The first kappa shape index (κ1) is 26.6. The predicted molar refractivity (Wildman–Crippen MR) is 134 cm³/mol. The second-order valence-corrected chi connectivity index (χ2v) is 10.3. The highest BCUT2D eigenvalue weighted by Gasteiger charge is 2.27. The number of nitrogens with two attached hydrogens (primary N) is 1. The highest BCUT2D eigenvalue weighted by atomic mass is 32.2. The van der Waals surface area contributed by atoms with Gasteiger partial charge in [0.15, 0.2) is 0 Å². The van der Waals surface area contributed by atoms with Gasteiger partial charge in [0.2, 0.25) is 10.0 Å². The maximum atomic E-state index is 14.0. The van der Waals surface area contributed by atoms with Crippen LogP contribution in [0.2, 0.25) is 0 Å². The van der Waals surface area contributed by atoms with E-state index in [1.54, 1.807) is 24.3 Å². The van der Waals surface area contributed by atoms with Gasteiger partial charge in [0.1, 0.15) is 16.5 Å². The van der Waals surface area contributed by atoms with Gasteiger partial charge in [0.05, 0.1) is 13.7 Å². The Morgan fingerprint density at radius 1 is 1.08 bits per heavy atom. The molecule has 0 atom stereocenters. The van der Waals surface area contributed by atoms with E-state index in [-0.39, 0.29) is 40.2 Å². The number of nitrogens with one attached hydrogen (secondary N) is 2. The van der Waals surface area contributed by atoms with Crippen LogP contribution in [-0.2, 0) is 16.6 Å². The summed E-state index contributed by atoms with van der Waals surface area (Å²) in [4.78, 5) is 12.8. The Kier molecular flexibility index (Phi) is 7.86. The average Bonchev–Trinajstić information content (AvgIpc) is 3.68. The number of hydrogen-bond donors (Lipinski definition) is 3. The van der Waals surface area contributed by atoms with E-state index in [1.165, 1.54) is 37.4 Å². The largest absolute Gasteiger partial charge is 0.495 e. The lowest BCUT2D eigenvalue weighted by molar-refractivity contribution is 0.102. The Morgan fingerprint density at radius 3 is 2.46 bits per heavy atom. The van der Waals surface area contributed by atoms with E-state index in [1.807, 2.05) is 0 Å². The molecule has 0 heterocycles. The molecule has 1 aliphatic rings. The van der Waals surface area contributed by atoms with Gasteiger partial charge in [-0.3, -0.25) is 4.79 Å². The van der Waals surface area contributed by atoms with Gasteiger partial charge in [-0.15, -0.1) is 0 Å². The quantitative estimate of drug-likeness (QED) is 0.352. The minimum absolute atomic E-state index is 0.0311. The van der Waals surface area contributed by atoms with E-state index < -0.39 is 28.9 Å². The molecule has 3 aromatic carbocycles. The van der Waals surface area contributed by atoms with Crippen molar-refractivity contribution < 1.29 is 31.1 Å². The molecule has 1 fully saturated rings. The van der Waals surface area contributed by atoms with E-state index in [2.05, 4.69) is 10.6 Å². The second-order valence-electron chi connectivity index (χ2n) is 8.76. The molecular formula is C26H26F3N3O4S. The Morgan fingerprint density at radius 2 is 1.81 bits per heavy atom. The lowest BCUT2D eigenvalue weighted by atomic mass is 9.91. The lowest BCUT2D eigenvalue weighted by Gasteiger charge is -2.16. The Labute approximate surface area is 212 Å². The number of sulfonamides is 1. The standard InChI is InChI=1S/C26H26F3N3O4S/c1-36-23-12-19(6-9-24(23)37(30,34)35)32-26(33)16-4-7-20(17(10-16)13-31-14-25(28)29)21-8-5-18(27)11-22(21)15-2-3-15/h4-12,15,25,31H,2-3,13-14H2,1H3,(H,32,33)(H2,30,34,35). The van der Waals surface area contributed by atoms with Crippen LogP contribution in [0.3, 0.4) is 0 Å². The average molecular weight is 534 g/mol. The monoisotopic (exact) mass is 533 g/mol. The number of halogens is 3. The van der Waals surface area contributed by atoms with Crippen LogP contribution in [0.15, 0.2) is 59.5 Å². The number of benzene rings is 3. The van der Waals surface area contributed by atoms with Crippen molar-refractivity contribution in [2.45, 2.75) is 36.6 Å². The summed E-state index contributed by atoms with van der Waals surface area (Å²) in [6.45, 7) is -0.454. The summed E-state index contributed by atoms with van der Waals surface area (Å²) in [5.74, 6) is -0.640. The van der Waals surface area contributed by atoms with Crippen LogP contribution in [0.1, 0.15) is 40.2 Å². The molecule has 4 N–H and O–H groups in total. The van der Waals surface area contributed by atoms with Gasteiger partial charge in [0, 0.05) is 23.9 Å². The second kappa shape index (κ2) is 10.9. The number of amides is 1. The molecule has 0 saturated heterocycles. The number of hydrogen-bond acceptors (Lipinski definition) is 5. The van der Waals surface area contributed by atoms with Crippen LogP contribution < -0.4 is 20.5 Å². The van der Waals surface area contributed by atoms with Gasteiger partial charge < -0.3 is 15.4 Å². The Bertz CT molecular complexity index is 1430. The SMILES string of the molecule is COc1cc(NC(=O)c2ccc(-c3ccc(F)cc3C3CC3)c(CNCC(F)F)c2)ccc1S(N)(=O)=O. The van der Waals surface area contributed by atoms with Crippen LogP contribution in [0, 0.1) is 5.82 Å². The minimum Gasteiger partial charge on any atom is -0.495 e. The summed E-state index contributed by atoms with van der Waals surface area (Å²) >= 11 is 0. The topological polar surface area (TPSA) is 111 Å². The normalized spacial score (nSPS) is 13.6. The molecule has 7 nitrogen and oxygen atoms in total. The van der Waals surface area contributed by atoms with Crippen molar-refractivity contribution in [2.24, 2.45) is 5.14 Å². The fraction of sp³-hybridized carbons (Fsp3) is 0.269. The van der Waals surface area contributed by atoms with Gasteiger partial charge in [-0.05, 0) is 77.4 Å². The van der Waals surface area contributed by atoms with Crippen molar-refractivity contribution in [1.29, 1.82) is 0 Å². The van der Waals surface area contributed by atoms with Crippen LogP contribution in [-0.4, -0.2) is 34.4 Å². The fourth-order valence-electron chi connectivity index (χ4n) is 4.15.